The number of amides is 2. The Balaban J connectivity index is 1.48. The van der Waals surface area contributed by atoms with Crippen LogP contribution in [0.4, 0.5) is 10.5 Å². The molecular formula is C26H27N3O5S2. The molecule has 188 valence electrons. The molecule has 0 aromatic heterocycles. The number of thioether (sulfide) groups is 1. The van der Waals surface area contributed by atoms with Gasteiger partial charge in [0.15, 0.2) is 0 Å². The molecule has 0 aliphatic carbocycles. The summed E-state index contributed by atoms with van der Waals surface area (Å²) in [5.41, 5.74) is 2.84. The molecule has 1 heterocycles. The van der Waals surface area contributed by atoms with E-state index in [4.69, 9.17) is 0 Å². The molecule has 0 radical (unpaired) electrons. The van der Waals surface area contributed by atoms with Crippen LogP contribution in [-0.4, -0.2) is 55.0 Å². The SMILES string of the molecule is O=C(O)CC(NS(=O)(=O)c1ccc(-c2cccc(NC(=O)N3CCSCC3)c2)cc1)c1ccccc1. The quantitative estimate of drug-likeness (QED) is 0.401. The van der Waals surface area contributed by atoms with E-state index in [2.05, 4.69) is 10.0 Å². The number of carbonyl (C=O) groups is 2. The van der Waals surface area contributed by atoms with E-state index in [0.29, 0.717) is 11.3 Å². The zero-order valence-corrected chi connectivity index (χ0v) is 21.1. The van der Waals surface area contributed by atoms with E-state index in [1.54, 1.807) is 47.4 Å². The lowest BCUT2D eigenvalue weighted by Crippen LogP contribution is -2.40. The van der Waals surface area contributed by atoms with E-state index in [1.165, 1.54) is 12.1 Å². The standard InChI is InChI=1S/C26H27N3O5S2/c30-25(31)18-24(20-5-2-1-3-6-20)28-36(33,34)23-11-9-19(10-12-23)21-7-4-8-22(17-21)27-26(32)29-13-15-35-16-14-29/h1-12,17,24,28H,13-16,18H2,(H,27,32)(H,30,31). The van der Waals surface area contributed by atoms with Crippen LogP contribution >= 0.6 is 11.8 Å². The molecule has 1 atom stereocenters. The molecule has 2 amide bonds. The summed E-state index contributed by atoms with van der Waals surface area (Å²) in [5, 5.41) is 12.2. The number of benzene rings is 3. The fourth-order valence-electron chi connectivity index (χ4n) is 3.91. The number of nitrogens with one attached hydrogen (secondary N) is 2. The summed E-state index contributed by atoms with van der Waals surface area (Å²) < 4.78 is 28.5. The number of anilines is 1. The van der Waals surface area contributed by atoms with E-state index in [-0.39, 0.29) is 17.3 Å². The predicted octanol–water partition coefficient (Wildman–Crippen LogP) is 4.43. The molecule has 1 aliphatic rings. The summed E-state index contributed by atoms with van der Waals surface area (Å²) in [6, 6.07) is 21.3. The van der Waals surface area contributed by atoms with Crippen LogP contribution in [0.3, 0.4) is 0 Å². The number of carbonyl (C=O) groups excluding carboxylic acids is 1. The zero-order valence-electron chi connectivity index (χ0n) is 19.5. The Morgan fingerprint density at radius 3 is 2.28 bits per heavy atom. The van der Waals surface area contributed by atoms with Gasteiger partial charge in [-0.05, 0) is 41.0 Å². The monoisotopic (exact) mass is 525 g/mol. The van der Waals surface area contributed by atoms with Crippen LogP contribution in [0.1, 0.15) is 18.0 Å². The van der Waals surface area contributed by atoms with Gasteiger partial charge in [0, 0.05) is 30.3 Å². The molecule has 3 aromatic carbocycles. The number of nitrogens with zero attached hydrogens (tertiary/aromatic N) is 1. The average molecular weight is 526 g/mol. The van der Waals surface area contributed by atoms with E-state index in [9.17, 15) is 23.1 Å². The topological polar surface area (TPSA) is 116 Å². The molecule has 3 aromatic rings. The van der Waals surface area contributed by atoms with E-state index in [0.717, 1.165) is 35.7 Å². The maximum absolute atomic E-state index is 13.0. The van der Waals surface area contributed by atoms with Crippen LogP contribution in [0.15, 0.2) is 83.8 Å². The number of carboxylic acids is 1. The summed E-state index contributed by atoms with van der Waals surface area (Å²) >= 11 is 1.83. The highest BCUT2D eigenvalue weighted by atomic mass is 32.2. The fourth-order valence-corrected chi connectivity index (χ4v) is 6.04. The average Bonchev–Trinajstić information content (AvgIpc) is 2.89. The smallest absolute Gasteiger partial charge is 0.321 e. The molecule has 1 saturated heterocycles. The Morgan fingerprint density at radius 2 is 1.61 bits per heavy atom. The lowest BCUT2D eigenvalue weighted by Gasteiger charge is -2.26. The van der Waals surface area contributed by atoms with E-state index >= 15 is 0 Å². The molecule has 3 N–H and O–H groups in total. The van der Waals surface area contributed by atoms with Crippen molar-refractivity contribution in [2.75, 3.05) is 29.9 Å². The van der Waals surface area contributed by atoms with Gasteiger partial charge in [0.25, 0.3) is 0 Å². The van der Waals surface area contributed by atoms with Crippen molar-refractivity contribution in [1.29, 1.82) is 0 Å². The highest BCUT2D eigenvalue weighted by Gasteiger charge is 2.24. The summed E-state index contributed by atoms with van der Waals surface area (Å²) in [6.07, 6.45) is -0.379. The van der Waals surface area contributed by atoms with Gasteiger partial charge in [-0.25, -0.2) is 17.9 Å². The van der Waals surface area contributed by atoms with Crippen LogP contribution < -0.4 is 10.0 Å². The first-order valence-corrected chi connectivity index (χ1v) is 14.1. The van der Waals surface area contributed by atoms with Crippen LogP contribution in [0, 0.1) is 0 Å². The highest BCUT2D eigenvalue weighted by molar-refractivity contribution is 7.99. The van der Waals surface area contributed by atoms with Gasteiger partial charge in [0.2, 0.25) is 10.0 Å². The molecule has 0 spiro atoms. The van der Waals surface area contributed by atoms with Crippen molar-refractivity contribution in [1.82, 2.24) is 9.62 Å². The van der Waals surface area contributed by atoms with Crippen LogP contribution in [0.5, 0.6) is 0 Å². The van der Waals surface area contributed by atoms with Gasteiger partial charge in [-0.1, -0.05) is 54.6 Å². The minimum Gasteiger partial charge on any atom is -0.481 e. The first-order valence-electron chi connectivity index (χ1n) is 11.4. The van der Waals surface area contributed by atoms with Gasteiger partial charge in [-0.3, -0.25) is 4.79 Å². The van der Waals surface area contributed by atoms with Crippen molar-refractivity contribution in [3.05, 3.63) is 84.4 Å². The summed E-state index contributed by atoms with van der Waals surface area (Å²) in [5.74, 6) is 0.757. The molecule has 8 nitrogen and oxygen atoms in total. The van der Waals surface area contributed by atoms with Crippen molar-refractivity contribution in [2.24, 2.45) is 0 Å². The maximum atomic E-state index is 13.0. The van der Waals surface area contributed by atoms with Gasteiger partial charge >= 0.3 is 12.0 Å². The molecule has 0 saturated carbocycles. The van der Waals surface area contributed by atoms with Crippen molar-refractivity contribution in [2.45, 2.75) is 17.4 Å². The number of sulfonamides is 1. The van der Waals surface area contributed by atoms with Crippen LogP contribution in [0.2, 0.25) is 0 Å². The number of carboxylic acid groups (broad SMARTS) is 1. The molecule has 1 unspecified atom stereocenters. The molecule has 10 heteroatoms. The number of urea groups is 1. The van der Waals surface area contributed by atoms with Crippen molar-refractivity contribution in [3.63, 3.8) is 0 Å². The summed E-state index contributed by atoms with van der Waals surface area (Å²) in [6.45, 7) is 1.44. The fraction of sp³-hybridized carbons (Fsp3) is 0.231. The second-order valence-electron chi connectivity index (χ2n) is 8.32. The van der Waals surface area contributed by atoms with Gasteiger partial charge < -0.3 is 15.3 Å². The predicted molar refractivity (Wildman–Crippen MR) is 142 cm³/mol. The number of aliphatic carboxylic acids is 1. The first-order chi connectivity index (χ1) is 17.3. The normalized spacial score (nSPS) is 14.7. The number of hydrogen-bond acceptors (Lipinski definition) is 5. The Bertz CT molecular complexity index is 1310. The minimum atomic E-state index is -3.97. The zero-order chi connectivity index (χ0) is 25.5. The summed E-state index contributed by atoms with van der Waals surface area (Å²) in [4.78, 5) is 25.7. The number of rotatable bonds is 8. The molecule has 0 bridgehead atoms. The maximum Gasteiger partial charge on any atom is 0.321 e. The second kappa shape index (κ2) is 11.6. The molecule has 1 aliphatic heterocycles. The number of hydrogen-bond donors (Lipinski definition) is 3. The van der Waals surface area contributed by atoms with Crippen molar-refractivity contribution < 1.29 is 23.1 Å². The third kappa shape index (κ3) is 6.66. The van der Waals surface area contributed by atoms with Crippen molar-refractivity contribution >= 4 is 39.5 Å². The molecular weight excluding hydrogens is 498 g/mol. The van der Waals surface area contributed by atoms with Crippen molar-refractivity contribution in [3.8, 4) is 11.1 Å². The van der Waals surface area contributed by atoms with E-state index in [1.807, 2.05) is 36.0 Å². The lowest BCUT2D eigenvalue weighted by atomic mass is 10.1. The first kappa shape index (κ1) is 25.7. The largest absolute Gasteiger partial charge is 0.481 e. The third-order valence-electron chi connectivity index (χ3n) is 5.79. The molecule has 1 fully saturated rings. The van der Waals surface area contributed by atoms with E-state index < -0.39 is 22.0 Å². The van der Waals surface area contributed by atoms with Gasteiger partial charge in [-0.15, -0.1) is 0 Å². The highest BCUT2D eigenvalue weighted by Crippen LogP contribution is 2.26. The third-order valence-corrected chi connectivity index (χ3v) is 8.22. The molecule has 4 rings (SSSR count). The Morgan fingerprint density at radius 1 is 0.917 bits per heavy atom. The van der Waals surface area contributed by atoms with Gasteiger partial charge in [0.05, 0.1) is 17.4 Å². The lowest BCUT2D eigenvalue weighted by molar-refractivity contribution is -0.137. The van der Waals surface area contributed by atoms with Gasteiger partial charge in [0.1, 0.15) is 0 Å². The van der Waals surface area contributed by atoms with Gasteiger partial charge in [-0.2, -0.15) is 11.8 Å². The Kier molecular flexibility index (Phi) is 8.29. The Hall–Kier alpha value is -3.34. The molecule has 36 heavy (non-hydrogen) atoms. The minimum absolute atomic E-state index is 0.0324. The second-order valence-corrected chi connectivity index (χ2v) is 11.3. The van der Waals surface area contributed by atoms with Crippen LogP contribution in [-0.2, 0) is 14.8 Å². The van der Waals surface area contributed by atoms with Crippen LogP contribution in [0.25, 0.3) is 11.1 Å². The Labute approximate surface area is 214 Å². The summed E-state index contributed by atoms with van der Waals surface area (Å²) in [7, 11) is -3.97.